The van der Waals surface area contributed by atoms with Gasteiger partial charge in [-0.15, -0.1) is 0 Å². The van der Waals surface area contributed by atoms with Gasteiger partial charge in [0.15, 0.2) is 0 Å². The summed E-state index contributed by atoms with van der Waals surface area (Å²) in [5.41, 5.74) is 4.01. The summed E-state index contributed by atoms with van der Waals surface area (Å²) in [6, 6.07) is 14.1. The maximum absolute atomic E-state index is 5.62. The summed E-state index contributed by atoms with van der Waals surface area (Å²) in [5.74, 6) is 0.629. The molecule has 0 saturated heterocycles. The van der Waals surface area contributed by atoms with E-state index in [9.17, 15) is 0 Å². The minimum atomic E-state index is 0.411. The summed E-state index contributed by atoms with van der Waals surface area (Å²) >= 11 is 0. The van der Waals surface area contributed by atoms with Crippen molar-refractivity contribution in [2.24, 2.45) is 0 Å². The lowest BCUT2D eigenvalue weighted by atomic mass is 10.1. The largest absolute Gasteiger partial charge is 0.444 e. The van der Waals surface area contributed by atoms with Gasteiger partial charge in [0.05, 0.1) is 18.9 Å². The summed E-state index contributed by atoms with van der Waals surface area (Å²) in [6.45, 7) is 3.06. The molecule has 0 fully saturated rings. The Morgan fingerprint density at radius 2 is 1.83 bits per heavy atom. The maximum Gasteiger partial charge on any atom is 0.226 e. The van der Waals surface area contributed by atoms with Crippen molar-refractivity contribution in [1.82, 2.24) is 9.97 Å². The van der Waals surface area contributed by atoms with Crippen LogP contribution in [-0.4, -0.2) is 9.97 Å². The summed E-state index contributed by atoms with van der Waals surface area (Å²) in [6.07, 6.45) is 5.65. The number of pyridine rings is 1. The van der Waals surface area contributed by atoms with Crippen LogP contribution in [0.15, 0.2) is 59.3 Å². The summed E-state index contributed by atoms with van der Waals surface area (Å²) < 4.78 is 11.2. The number of oxazole rings is 1. The predicted molar refractivity (Wildman–Crippen MR) is 88.7 cm³/mol. The van der Waals surface area contributed by atoms with Gasteiger partial charge in [0, 0.05) is 11.8 Å². The average Bonchev–Trinajstić information content (AvgIpc) is 3.06. The number of nitrogens with zero attached hydrogens (tertiary/aromatic N) is 2. The van der Waals surface area contributed by atoms with Crippen LogP contribution >= 0.6 is 0 Å². The molecule has 3 aromatic rings. The molecular weight excluding hydrogens is 288 g/mol. The predicted octanol–water partition coefficient (Wildman–Crippen LogP) is 4.41. The Labute approximate surface area is 136 Å². The van der Waals surface area contributed by atoms with Crippen LogP contribution in [0.25, 0.3) is 11.5 Å². The fraction of sp³-hybridized carbons (Fsp3) is 0.263. The average molecular weight is 308 g/mol. The zero-order valence-electron chi connectivity index (χ0n) is 13.2. The van der Waals surface area contributed by atoms with E-state index in [4.69, 9.17) is 9.15 Å². The molecule has 0 aliphatic heterocycles. The van der Waals surface area contributed by atoms with E-state index in [0.29, 0.717) is 19.1 Å². The molecule has 4 nitrogen and oxygen atoms in total. The zero-order chi connectivity index (χ0) is 15.9. The van der Waals surface area contributed by atoms with Gasteiger partial charge in [-0.25, -0.2) is 4.98 Å². The second-order valence-electron chi connectivity index (χ2n) is 5.40. The molecule has 0 aliphatic carbocycles. The lowest BCUT2D eigenvalue weighted by Crippen LogP contribution is -1.96. The van der Waals surface area contributed by atoms with Crippen LogP contribution in [0.1, 0.15) is 30.3 Å². The molecule has 0 amide bonds. The summed E-state index contributed by atoms with van der Waals surface area (Å²) in [4.78, 5) is 8.69. The van der Waals surface area contributed by atoms with Gasteiger partial charge in [-0.1, -0.05) is 31.5 Å². The van der Waals surface area contributed by atoms with Gasteiger partial charge in [-0.3, -0.25) is 4.98 Å². The van der Waals surface area contributed by atoms with Crippen molar-refractivity contribution in [3.05, 3.63) is 71.9 Å². The van der Waals surface area contributed by atoms with Crippen molar-refractivity contribution >= 4 is 0 Å². The van der Waals surface area contributed by atoms with Gasteiger partial charge in [0.2, 0.25) is 5.89 Å². The molecule has 0 bridgehead atoms. The molecule has 2 heterocycles. The smallest absolute Gasteiger partial charge is 0.226 e. The van der Waals surface area contributed by atoms with Crippen LogP contribution < -0.4 is 0 Å². The molecule has 3 rings (SSSR count). The maximum atomic E-state index is 5.62. The van der Waals surface area contributed by atoms with E-state index >= 15 is 0 Å². The first-order valence-corrected chi connectivity index (χ1v) is 7.86. The van der Waals surface area contributed by atoms with Crippen molar-refractivity contribution in [3.8, 4) is 11.5 Å². The van der Waals surface area contributed by atoms with E-state index in [0.717, 1.165) is 29.8 Å². The third-order valence-electron chi connectivity index (χ3n) is 3.52. The van der Waals surface area contributed by atoms with E-state index in [1.165, 1.54) is 5.56 Å². The van der Waals surface area contributed by atoms with E-state index in [-0.39, 0.29) is 0 Å². The molecule has 0 spiro atoms. The van der Waals surface area contributed by atoms with Crippen LogP contribution in [-0.2, 0) is 24.4 Å². The Morgan fingerprint density at radius 1 is 1.00 bits per heavy atom. The first-order chi connectivity index (χ1) is 11.3. The second-order valence-corrected chi connectivity index (χ2v) is 5.40. The molecule has 0 unspecified atom stereocenters. The molecule has 0 N–H and O–H groups in total. The second kappa shape index (κ2) is 7.70. The van der Waals surface area contributed by atoms with Crippen LogP contribution in [0, 0.1) is 0 Å². The third-order valence-corrected chi connectivity index (χ3v) is 3.52. The van der Waals surface area contributed by atoms with Crippen molar-refractivity contribution < 1.29 is 9.15 Å². The van der Waals surface area contributed by atoms with Gasteiger partial charge >= 0.3 is 0 Å². The number of ether oxygens (including phenoxy) is 1. The number of rotatable bonds is 7. The first kappa shape index (κ1) is 15.4. The van der Waals surface area contributed by atoms with Crippen molar-refractivity contribution in [2.45, 2.75) is 33.0 Å². The number of aromatic nitrogens is 2. The molecule has 2 aromatic heterocycles. The molecule has 0 radical (unpaired) electrons. The number of aryl methyl sites for hydroxylation is 1. The number of hydrogen-bond donors (Lipinski definition) is 0. The number of benzene rings is 1. The highest BCUT2D eigenvalue weighted by Gasteiger charge is 2.07. The Bertz CT molecular complexity index is 721. The molecule has 1 aromatic carbocycles. The van der Waals surface area contributed by atoms with Crippen LogP contribution in [0.4, 0.5) is 0 Å². The quantitative estimate of drug-likeness (QED) is 0.649. The van der Waals surface area contributed by atoms with Crippen LogP contribution in [0.2, 0.25) is 0 Å². The minimum absolute atomic E-state index is 0.411. The monoisotopic (exact) mass is 308 g/mol. The molecule has 4 heteroatoms. The molecule has 0 saturated carbocycles. The highest BCUT2D eigenvalue weighted by atomic mass is 16.5. The van der Waals surface area contributed by atoms with Crippen molar-refractivity contribution in [1.29, 1.82) is 0 Å². The fourth-order valence-corrected chi connectivity index (χ4v) is 2.35. The van der Waals surface area contributed by atoms with Gasteiger partial charge in [-0.05, 0) is 36.2 Å². The standard InChI is InChI=1S/C19H20N2O2/c1-2-5-15-7-9-16(10-8-15)19-21-18(14-23-19)13-22-12-17-6-3-4-11-20-17/h3-4,6-11,14H,2,5,12-13H2,1H3. The van der Waals surface area contributed by atoms with E-state index in [1.807, 2.05) is 18.2 Å². The van der Waals surface area contributed by atoms with Crippen LogP contribution in [0.5, 0.6) is 0 Å². The van der Waals surface area contributed by atoms with Crippen molar-refractivity contribution in [3.63, 3.8) is 0 Å². The van der Waals surface area contributed by atoms with Gasteiger partial charge in [0.1, 0.15) is 12.0 Å². The fourth-order valence-electron chi connectivity index (χ4n) is 2.35. The minimum Gasteiger partial charge on any atom is -0.444 e. The Balaban J connectivity index is 1.57. The highest BCUT2D eigenvalue weighted by molar-refractivity contribution is 5.53. The Morgan fingerprint density at radius 3 is 2.57 bits per heavy atom. The van der Waals surface area contributed by atoms with Crippen molar-refractivity contribution in [2.75, 3.05) is 0 Å². The lowest BCUT2D eigenvalue weighted by molar-refractivity contribution is 0.102. The molecule has 0 atom stereocenters. The first-order valence-electron chi connectivity index (χ1n) is 7.86. The van der Waals surface area contributed by atoms with Gasteiger partial charge < -0.3 is 9.15 Å². The SMILES string of the molecule is CCCc1ccc(-c2nc(COCc3ccccn3)co2)cc1. The zero-order valence-corrected chi connectivity index (χ0v) is 13.2. The van der Waals surface area contributed by atoms with E-state index in [2.05, 4.69) is 41.2 Å². The molecule has 23 heavy (non-hydrogen) atoms. The third kappa shape index (κ3) is 4.27. The summed E-state index contributed by atoms with van der Waals surface area (Å²) in [5, 5.41) is 0. The van der Waals surface area contributed by atoms with Gasteiger partial charge in [0.25, 0.3) is 0 Å². The lowest BCUT2D eigenvalue weighted by Gasteiger charge is -2.01. The van der Waals surface area contributed by atoms with E-state index in [1.54, 1.807) is 12.5 Å². The van der Waals surface area contributed by atoms with E-state index < -0.39 is 0 Å². The molecular formula is C19H20N2O2. The molecule has 118 valence electrons. The Kier molecular flexibility index (Phi) is 5.17. The Hall–Kier alpha value is -2.46. The topological polar surface area (TPSA) is 48.2 Å². The normalized spacial score (nSPS) is 10.8. The van der Waals surface area contributed by atoms with Crippen LogP contribution in [0.3, 0.4) is 0 Å². The molecule has 0 aliphatic rings. The number of hydrogen-bond acceptors (Lipinski definition) is 4. The summed E-state index contributed by atoms with van der Waals surface area (Å²) in [7, 11) is 0. The van der Waals surface area contributed by atoms with Gasteiger partial charge in [-0.2, -0.15) is 0 Å². The highest BCUT2D eigenvalue weighted by Crippen LogP contribution is 2.20.